The van der Waals surface area contributed by atoms with E-state index in [2.05, 4.69) is 23.2 Å². The van der Waals surface area contributed by atoms with Crippen LogP contribution in [-0.4, -0.2) is 17.4 Å². The van der Waals surface area contributed by atoms with Crippen molar-refractivity contribution >= 4 is 11.6 Å². The van der Waals surface area contributed by atoms with E-state index in [4.69, 9.17) is 4.42 Å². The van der Waals surface area contributed by atoms with Crippen LogP contribution in [0.3, 0.4) is 0 Å². The Bertz CT molecular complexity index is 673. The number of benzene rings is 1. The molecular formula is C16H18N2O2. The van der Waals surface area contributed by atoms with Crippen molar-refractivity contribution < 1.29 is 9.21 Å². The first-order valence-corrected chi connectivity index (χ1v) is 6.91. The van der Waals surface area contributed by atoms with Crippen LogP contribution >= 0.6 is 0 Å². The van der Waals surface area contributed by atoms with Gasteiger partial charge in [0.25, 0.3) is 5.91 Å². The Kier molecular flexibility index (Phi) is 3.08. The molecule has 0 saturated heterocycles. The summed E-state index contributed by atoms with van der Waals surface area (Å²) in [5, 5.41) is 0. The van der Waals surface area contributed by atoms with Gasteiger partial charge in [0.2, 0.25) is 5.76 Å². The molecule has 0 spiro atoms. The van der Waals surface area contributed by atoms with E-state index in [1.165, 1.54) is 5.56 Å². The number of hydrogen-bond acceptors (Lipinski definition) is 3. The third kappa shape index (κ3) is 2.11. The molecule has 0 atom stereocenters. The molecule has 3 rings (SSSR count). The second-order valence-corrected chi connectivity index (χ2v) is 5.34. The maximum Gasteiger partial charge on any atom is 0.295 e. The number of hydrogen-bond donors (Lipinski definition) is 0. The fourth-order valence-corrected chi connectivity index (χ4v) is 2.75. The van der Waals surface area contributed by atoms with Gasteiger partial charge in [0.15, 0.2) is 5.89 Å². The van der Waals surface area contributed by atoms with Crippen LogP contribution in [0.1, 0.15) is 39.7 Å². The zero-order valence-corrected chi connectivity index (χ0v) is 12.1. The van der Waals surface area contributed by atoms with E-state index in [1.54, 1.807) is 6.92 Å². The average Bonchev–Trinajstić information content (AvgIpc) is 2.76. The Morgan fingerprint density at radius 2 is 2.10 bits per heavy atom. The van der Waals surface area contributed by atoms with Crippen LogP contribution < -0.4 is 4.90 Å². The van der Waals surface area contributed by atoms with Gasteiger partial charge in [-0.2, -0.15) is 0 Å². The molecule has 0 unspecified atom stereocenters. The van der Waals surface area contributed by atoms with Crippen LogP contribution in [0.15, 0.2) is 22.6 Å². The van der Waals surface area contributed by atoms with E-state index in [1.807, 2.05) is 18.7 Å². The SMILES string of the molecule is Cc1ccc2c(c1)N(C(=O)c1oc(C)nc1C)CCC2. The summed E-state index contributed by atoms with van der Waals surface area (Å²) in [5.41, 5.74) is 4.06. The number of anilines is 1. The molecule has 1 aromatic heterocycles. The van der Waals surface area contributed by atoms with Crippen molar-refractivity contribution in [2.45, 2.75) is 33.6 Å². The van der Waals surface area contributed by atoms with Crippen molar-refractivity contribution in [2.75, 3.05) is 11.4 Å². The van der Waals surface area contributed by atoms with E-state index < -0.39 is 0 Å². The second-order valence-electron chi connectivity index (χ2n) is 5.34. The summed E-state index contributed by atoms with van der Waals surface area (Å²) in [6, 6.07) is 6.28. The van der Waals surface area contributed by atoms with E-state index in [0.717, 1.165) is 30.6 Å². The summed E-state index contributed by atoms with van der Waals surface area (Å²) in [6.45, 7) is 6.35. The van der Waals surface area contributed by atoms with Gasteiger partial charge in [-0.1, -0.05) is 12.1 Å². The highest BCUT2D eigenvalue weighted by Crippen LogP contribution is 2.30. The quantitative estimate of drug-likeness (QED) is 0.799. The Labute approximate surface area is 118 Å². The Hall–Kier alpha value is -2.10. The zero-order valence-electron chi connectivity index (χ0n) is 12.1. The molecule has 0 fully saturated rings. The molecule has 0 N–H and O–H groups in total. The highest BCUT2D eigenvalue weighted by molar-refractivity contribution is 6.05. The highest BCUT2D eigenvalue weighted by atomic mass is 16.4. The molecule has 1 aliphatic rings. The maximum absolute atomic E-state index is 12.7. The summed E-state index contributed by atoms with van der Waals surface area (Å²) < 4.78 is 5.47. The average molecular weight is 270 g/mol. The summed E-state index contributed by atoms with van der Waals surface area (Å²) in [6.07, 6.45) is 2.00. The monoisotopic (exact) mass is 270 g/mol. The third-order valence-electron chi connectivity index (χ3n) is 3.70. The van der Waals surface area contributed by atoms with Gasteiger partial charge in [0.05, 0.1) is 5.69 Å². The minimum Gasteiger partial charge on any atom is -0.436 e. The van der Waals surface area contributed by atoms with E-state index in [-0.39, 0.29) is 5.91 Å². The van der Waals surface area contributed by atoms with Gasteiger partial charge in [-0.3, -0.25) is 4.79 Å². The van der Waals surface area contributed by atoms with Crippen LogP contribution in [0.25, 0.3) is 0 Å². The lowest BCUT2D eigenvalue weighted by molar-refractivity contribution is 0.0956. The Morgan fingerprint density at radius 1 is 1.30 bits per heavy atom. The fourth-order valence-electron chi connectivity index (χ4n) is 2.75. The Balaban J connectivity index is 2.02. The Morgan fingerprint density at radius 3 is 2.80 bits per heavy atom. The highest BCUT2D eigenvalue weighted by Gasteiger charge is 2.27. The first kappa shape index (κ1) is 12.9. The normalized spacial score (nSPS) is 14.2. The van der Waals surface area contributed by atoms with Crippen LogP contribution in [0.5, 0.6) is 0 Å². The predicted octanol–water partition coefficient (Wildman–Crippen LogP) is 3.19. The first-order chi connectivity index (χ1) is 9.56. The van der Waals surface area contributed by atoms with Crippen molar-refractivity contribution in [1.29, 1.82) is 0 Å². The number of oxazole rings is 1. The van der Waals surface area contributed by atoms with Crippen molar-refractivity contribution in [3.05, 3.63) is 46.7 Å². The van der Waals surface area contributed by atoms with Crippen molar-refractivity contribution in [1.82, 2.24) is 4.98 Å². The predicted molar refractivity (Wildman–Crippen MR) is 77.2 cm³/mol. The number of aromatic nitrogens is 1. The van der Waals surface area contributed by atoms with Crippen LogP contribution in [0.2, 0.25) is 0 Å². The minimum absolute atomic E-state index is 0.0883. The molecule has 0 radical (unpaired) electrons. The maximum atomic E-state index is 12.7. The second kappa shape index (κ2) is 4.78. The van der Waals surface area contributed by atoms with Crippen molar-refractivity contribution in [3.8, 4) is 0 Å². The lowest BCUT2D eigenvalue weighted by Crippen LogP contribution is -2.35. The zero-order chi connectivity index (χ0) is 14.3. The molecule has 0 aliphatic carbocycles. The van der Waals surface area contributed by atoms with Crippen LogP contribution in [0, 0.1) is 20.8 Å². The molecule has 0 saturated carbocycles. The van der Waals surface area contributed by atoms with Crippen molar-refractivity contribution in [2.24, 2.45) is 0 Å². The van der Waals surface area contributed by atoms with Crippen LogP contribution in [0.4, 0.5) is 5.69 Å². The van der Waals surface area contributed by atoms with E-state index in [0.29, 0.717) is 17.3 Å². The molecule has 1 amide bonds. The number of rotatable bonds is 1. The van der Waals surface area contributed by atoms with E-state index in [9.17, 15) is 4.79 Å². The first-order valence-electron chi connectivity index (χ1n) is 6.91. The molecule has 1 aliphatic heterocycles. The molecule has 0 bridgehead atoms. The number of carbonyl (C=O) groups is 1. The molecule has 2 heterocycles. The number of amides is 1. The molecule has 1 aromatic carbocycles. The smallest absolute Gasteiger partial charge is 0.295 e. The van der Waals surface area contributed by atoms with Crippen molar-refractivity contribution in [3.63, 3.8) is 0 Å². The number of nitrogens with zero attached hydrogens (tertiary/aromatic N) is 2. The summed E-state index contributed by atoms with van der Waals surface area (Å²) in [5.74, 6) is 0.804. The summed E-state index contributed by atoms with van der Waals surface area (Å²) in [4.78, 5) is 18.7. The number of aryl methyl sites for hydroxylation is 4. The molecule has 4 nitrogen and oxygen atoms in total. The van der Waals surface area contributed by atoms with Gasteiger partial charge in [-0.05, 0) is 43.9 Å². The van der Waals surface area contributed by atoms with Gasteiger partial charge in [-0.25, -0.2) is 4.98 Å². The van der Waals surface area contributed by atoms with Gasteiger partial charge in [0.1, 0.15) is 0 Å². The van der Waals surface area contributed by atoms with Gasteiger partial charge in [0, 0.05) is 19.2 Å². The number of carbonyl (C=O) groups excluding carboxylic acids is 1. The van der Waals surface area contributed by atoms with Gasteiger partial charge >= 0.3 is 0 Å². The van der Waals surface area contributed by atoms with E-state index >= 15 is 0 Å². The molecule has 20 heavy (non-hydrogen) atoms. The topological polar surface area (TPSA) is 46.3 Å². The third-order valence-corrected chi connectivity index (χ3v) is 3.70. The molecule has 4 heteroatoms. The largest absolute Gasteiger partial charge is 0.436 e. The number of fused-ring (bicyclic) bond motifs is 1. The van der Waals surface area contributed by atoms with Gasteiger partial charge < -0.3 is 9.32 Å². The van der Waals surface area contributed by atoms with Gasteiger partial charge in [-0.15, -0.1) is 0 Å². The summed E-state index contributed by atoms with van der Waals surface area (Å²) in [7, 11) is 0. The van der Waals surface area contributed by atoms with Crippen LogP contribution in [-0.2, 0) is 6.42 Å². The summed E-state index contributed by atoms with van der Waals surface area (Å²) >= 11 is 0. The lowest BCUT2D eigenvalue weighted by Gasteiger charge is -2.29. The minimum atomic E-state index is -0.0883. The standard InChI is InChI=1S/C16H18N2O2/c1-10-6-7-13-5-4-8-18(14(13)9-10)16(19)15-11(2)17-12(3)20-15/h6-7,9H,4-5,8H2,1-3H3. The fraction of sp³-hybridized carbons (Fsp3) is 0.375. The molecule has 2 aromatic rings. The lowest BCUT2D eigenvalue weighted by atomic mass is 9.99. The molecular weight excluding hydrogens is 252 g/mol. The molecule has 104 valence electrons.